The number of hydrogen-bond donors (Lipinski definition) is 0. The number of aryl methyl sites for hydroxylation is 1. The molecule has 2 aromatic rings. The average molecular weight is 325 g/mol. The minimum atomic E-state index is -0.132. The first-order valence-electron chi connectivity index (χ1n) is 8.84. The highest BCUT2D eigenvalue weighted by Gasteiger charge is 2.39. The highest BCUT2D eigenvalue weighted by atomic mass is 19.1. The summed E-state index contributed by atoms with van der Waals surface area (Å²) >= 11 is 0. The summed E-state index contributed by atoms with van der Waals surface area (Å²) in [5, 5.41) is 0. The Balaban J connectivity index is 1.73. The van der Waals surface area contributed by atoms with Crippen LogP contribution >= 0.6 is 0 Å². The highest BCUT2D eigenvalue weighted by Crippen LogP contribution is 2.38. The second-order valence-electron chi connectivity index (χ2n) is 7.11. The Morgan fingerprint density at radius 1 is 1.12 bits per heavy atom. The van der Waals surface area contributed by atoms with E-state index in [2.05, 4.69) is 21.8 Å². The zero-order valence-electron chi connectivity index (χ0n) is 14.4. The Bertz CT molecular complexity index is 743. The summed E-state index contributed by atoms with van der Waals surface area (Å²) in [5.41, 5.74) is 3.59. The van der Waals surface area contributed by atoms with Crippen molar-refractivity contribution in [2.45, 2.75) is 32.4 Å². The van der Waals surface area contributed by atoms with Crippen LogP contribution in [0.2, 0.25) is 0 Å². The number of piperidine rings is 1. The molecule has 2 aliphatic rings. The van der Waals surface area contributed by atoms with Gasteiger partial charge in [0.15, 0.2) is 0 Å². The minimum absolute atomic E-state index is 0.132. The van der Waals surface area contributed by atoms with Crippen molar-refractivity contribution >= 4 is 5.69 Å². The van der Waals surface area contributed by atoms with Crippen LogP contribution in [0.5, 0.6) is 0 Å². The molecule has 1 aromatic carbocycles. The third-order valence-corrected chi connectivity index (χ3v) is 5.46. The first-order chi connectivity index (χ1) is 11.6. The lowest BCUT2D eigenvalue weighted by Crippen LogP contribution is -2.50. The number of fused-ring (bicyclic) bond motifs is 1. The third kappa shape index (κ3) is 2.69. The van der Waals surface area contributed by atoms with Crippen molar-refractivity contribution in [3.05, 3.63) is 47.9 Å². The maximum Gasteiger partial charge on any atom is 0.146 e. The van der Waals surface area contributed by atoms with E-state index >= 15 is 0 Å². The normalized spacial score (nSPS) is 24.2. The minimum Gasteiger partial charge on any atom is -0.353 e. The van der Waals surface area contributed by atoms with Crippen molar-refractivity contribution < 1.29 is 4.39 Å². The lowest BCUT2D eigenvalue weighted by molar-refractivity contribution is 0.226. The van der Waals surface area contributed by atoms with Gasteiger partial charge in [0.1, 0.15) is 5.82 Å². The summed E-state index contributed by atoms with van der Waals surface area (Å²) in [6, 6.07) is 11.4. The van der Waals surface area contributed by atoms with Gasteiger partial charge in [-0.15, -0.1) is 0 Å². The molecular formula is C20H24FN3. The fourth-order valence-corrected chi connectivity index (χ4v) is 4.31. The number of aromatic nitrogens is 1. The van der Waals surface area contributed by atoms with Gasteiger partial charge in [-0.05, 0) is 69.5 Å². The molecule has 0 spiro atoms. The summed E-state index contributed by atoms with van der Waals surface area (Å²) in [7, 11) is 2.16. The molecule has 2 atom stereocenters. The predicted molar refractivity (Wildman–Crippen MR) is 95.5 cm³/mol. The number of hydrogen-bond acceptors (Lipinski definition) is 3. The number of likely N-dealkylation sites (tertiary alicyclic amines) is 1. The van der Waals surface area contributed by atoms with Crippen LogP contribution in [0, 0.1) is 18.7 Å². The van der Waals surface area contributed by atoms with Crippen molar-refractivity contribution in [3.8, 4) is 11.3 Å². The molecule has 2 aliphatic heterocycles. The zero-order valence-corrected chi connectivity index (χ0v) is 14.4. The van der Waals surface area contributed by atoms with Gasteiger partial charge in [-0.3, -0.25) is 9.88 Å². The van der Waals surface area contributed by atoms with Crippen LogP contribution < -0.4 is 4.90 Å². The standard InChI is InChI=1S/C20H24FN3/c1-14-5-3-7-18(22-14)16-8-9-17(21)19(13-16)24-11-4-6-15-10-12-23(2)20(15)24/h3,5,7-9,13,15,20H,4,6,10-12H2,1-2H3. The quantitative estimate of drug-likeness (QED) is 0.829. The maximum absolute atomic E-state index is 14.7. The van der Waals surface area contributed by atoms with Crippen molar-refractivity contribution in [3.63, 3.8) is 0 Å². The number of pyridine rings is 1. The molecule has 0 saturated carbocycles. The molecule has 4 rings (SSSR count). The number of nitrogens with zero attached hydrogens (tertiary/aromatic N) is 3. The highest BCUT2D eigenvalue weighted by molar-refractivity contribution is 5.66. The molecule has 2 saturated heterocycles. The Morgan fingerprint density at radius 2 is 2.00 bits per heavy atom. The fraction of sp³-hybridized carbons (Fsp3) is 0.450. The SMILES string of the molecule is Cc1cccc(-c2ccc(F)c(N3CCCC4CCN(C)C43)c2)n1. The summed E-state index contributed by atoms with van der Waals surface area (Å²) in [4.78, 5) is 9.24. The van der Waals surface area contributed by atoms with E-state index in [0.717, 1.165) is 42.1 Å². The van der Waals surface area contributed by atoms with Gasteiger partial charge < -0.3 is 4.90 Å². The summed E-state index contributed by atoms with van der Waals surface area (Å²) in [5.74, 6) is 0.524. The van der Waals surface area contributed by atoms with E-state index in [9.17, 15) is 4.39 Å². The van der Waals surface area contributed by atoms with Gasteiger partial charge in [0.2, 0.25) is 0 Å². The lowest BCUT2D eigenvalue weighted by atomic mass is 9.93. The van der Waals surface area contributed by atoms with E-state index < -0.39 is 0 Å². The second kappa shape index (κ2) is 6.17. The van der Waals surface area contributed by atoms with Crippen molar-refractivity contribution in [2.75, 3.05) is 25.0 Å². The first-order valence-corrected chi connectivity index (χ1v) is 8.84. The maximum atomic E-state index is 14.7. The molecule has 0 amide bonds. The van der Waals surface area contributed by atoms with Crippen LogP contribution in [0.15, 0.2) is 36.4 Å². The molecule has 0 aliphatic carbocycles. The molecule has 0 radical (unpaired) electrons. The molecule has 126 valence electrons. The zero-order chi connectivity index (χ0) is 16.7. The molecule has 3 nitrogen and oxygen atoms in total. The monoisotopic (exact) mass is 325 g/mol. The second-order valence-corrected chi connectivity index (χ2v) is 7.11. The smallest absolute Gasteiger partial charge is 0.146 e. The van der Waals surface area contributed by atoms with Gasteiger partial charge >= 0.3 is 0 Å². The number of anilines is 1. The topological polar surface area (TPSA) is 19.4 Å². The van der Waals surface area contributed by atoms with Crippen LogP contribution in [0.3, 0.4) is 0 Å². The fourth-order valence-electron chi connectivity index (χ4n) is 4.31. The number of halogens is 1. The summed E-state index contributed by atoms with van der Waals surface area (Å²) in [6.07, 6.45) is 3.94. The predicted octanol–water partition coefficient (Wildman–Crippen LogP) is 4.07. The third-order valence-electron chi connectivity index (χ3n) is 5.46. The van der Waals surface area contributed by atoms with E-state index in [1.807, 2.05) is 37.3 Å². The van der Waals surface area contributed by atoms with Crippen molar-refractivity contribution in [2.24, 2.45) is 5.92 Å². The Morgan fingerprint density at radius 3 is 2.83 bits per heavy atom. The number of rotatable bonds is 2. The van der Waals surface area contributed by atoms with E-state index in [1.54, 1.807) is 6.07 Å². The van der Waals surface area contributed by atoms with E-state index in [-0.39, 0.29) is 5.82 Å². The van der Waals surface area contributed by atoms with Gasteiger partial charge in [-0.25, -0.2) is 4.39 Å². The van der Waals surface area contributed by atoms with Gasteiger partial charge in [-0.1, -0.05) is 6.07 Å². The summed E-state index contributed by atoms with van der Waals surface area (Å²) in [6.45, 7) is 4.01. The van der Waals surface area contributed by atoms with E-state index in [1.165, 1.54) is 12.8 Å². The molecule has 0 N–H and O–H groups in total. The number of benzene rings is 1. The van der Waals surface area contributed by atoms with Gasteiger partial charge in [0, 0.05) is 24.3 Å². The molecule has 3 heterocycles. The van der Waals surface area contributed by atoms with Crippen molar-refractivity contribution in [1.82, 2.24) is 9.88 Å². The van der Waals surface area contributed by atoms with Gasteiger partial charge in [0.05, 0.1) is 17.5 Å². The Kier molecular flexibility index (Phi) is 4.01. The van der Waals surface area contributed by atoms with Crippen molar-refractivity contribution in [1.29, 1.82) is 0 Å². The molecule has 24 heavy (non-hydrogen) atoms. The molecule has 2 fully saturated rings. The van der Waals surface area contributed by atoms with E-state index in [0.29, 0.717) is 12.1 Å². The van der Waals surface area contributed by atoms with Crippen LogP contribution in [-0.2, 0) is 0 Å². The van der Waals surface area contributed by atoms with Gasteiger partial charge in [0.25, 0.3) is 0 Å². The first kappa shape index (κ1) is 15.6. The average Bonchev–Trinajstić information content (AvgIpc) is 2.97. The largest absolute Gasteiger partial charge is 0.353 e. The molecule has 2 unspecified atom stereocenters. The molecular weight excluding hydrogens is 301 g/mol. The van der Waals surface area contributed by atoms with Crippen LogP contribution in [0.25, 0.3) is 11.3 Å². The van der Waals surface area contributed by atoms with Gasteiger partial charge in [-0.2, -0.15) is 0 Å². The lowest BCUT2D eigenvalue weighted by Gasteiger charge is -2.42. The van der Waals surface area contributed by atoms with Crippen LogP contribution in [0.4, 0.5) is 10.1 Å². The Hall–Kier alpha value is -1.94. The van der Waals surface area contributed by atoms with Crippen LogP contribution in [-0.4, -0.2) is 36.2 Å². The summed E-state index contributed by atoms with van der Waals surface area (Å²) < 4.78 is 14.7. The molecule has 4 heteroatoms. The van der Waals surface area contributed by atoms with E-state index in [4.69, 9.17) is 0 Å². The molecule has 0 bridgehead atoms. The molecule has 1 aromatic heterocycles. The van der Waals surface area contributed by atoms with Crippen LogP contribution in [0.1, 0.15) is 25.0 Å². The Labute approximate surface area is 143 Å².